The van der Waals surface area contributed by atoms with E-state index in [1.807, 2.05) is 13.8 Å². The fraction of sp³-hybridized carbons (Fsp3) is 0.267. The van der Waals surface area contributed by atoms with Crippen molar-refractivity contribution in [3.63, 3.8) is 0 Å². The highest BCUT2D eigenvalue weighted by Gasteiger charge is 2.23. The van der Waals surface area contributed by atoms with E-state index in [4.69, 9.17) is 0 Å². The fourth-order valence-corrected chi connectivity index (χ4v) is 2.18. The second kappa shape index (κ2) is 6.05. The van der Waals surface area contributed by atoms with Crippen LogP contribution in [0.1, 0.15) is 29.7 Å². The molecule has 0 aliphatic rings. The molecule has 2 aromatic rings. The second-order valence-corrected chi connectivity index (χ2v) is 4.51. The van der Waals surface area contributed by atoms with Crippen molar-refractivity contribution in [3.8, 4) is 0 Å². The van der Waals surface area contributed by atoms with Crippen LogP contribution in [0.15, 0.2) is 30.6 Å². The highest BCUT2D eigenvalue weighted by atomic mass is 19.1. The lowest BCUT2D eigenvalue weighted by atomic mass is 9.95. The number of rotatable bonds is 4. The predicted molar refractivity (Wildman–Crippen MR) is 70.8 cm³/mol. The Bertz CT molecular complexity index is 591. The van der Waals surface area contributed by atoms with E-state index in [1.54, 1.807) is 18.5 Å². The van der Waals surface area contributed by atoms with Crippen molar-refractivity contribution in [1.29, 1.82) is 0 Å². The van der Waals surface area contributed by atoms with Crippen LogP contribution in [-0.4, -0.2) is 11.5 Å². The van der Waals surface area contributed by atoms with Gasteiger partial charge in [0.05, 0.1) is 6.04 Å². The molecule has 2 rings (SSSR count). The summed E-state index contributed by atoms with van der Waals surface area (Å²) in [7, 11) is 0. The Kier molecular flexibility index (Phi) is 4.39. The van der Waals surface area contributed by atoms with Gasteiger partial charge >= 0.3 is 0 Å². The molecule has 0 amide bonds. The number of hydrogen-bond donors (Lipinski definition) is 1. The van der Waals surface area contributed by atoms with Crippen LogP contribution < -0.4 is 5.32 Å². The van der Waals surface area contributed by atoms with Gasteiger partial charge in [0.25, 0.3) is 0 Å². The number of pyridine rings is 1. The first-order chi connectivity index (χ1) is 9.54. The van der Waals surface area contributed by atoms with Crippen LogP contribution >= 0.6 is 0 Å². The molecule has 0 spiro atoms. The summed E-state index contributed by atoms with van der Waals surface area (Å²) in [6.45, 7) is 4.17. The van der Waals surface area contributed by atoms with Crippen LogP contribution in [0.4, 0.5) is 13.2 Å². The van der Waals surface area contributed by atoms with Gasteiger partial charge in [-0.1, -0.05) is 6.92 Å². The average Bonchev–Trinajstić information content (AvgIpc) is 2.37. The second-order valence-electron chi connectivity index (χ2n) is 4.51. The van der Waals surface area contributed by atoms with Crippen LogP contribution in [0, 0.1) is 24.4 Å². The van der Waals surface area contributed by atoms with Crippen molar-refractivity contribution in [1.82, 2.24) is 10.3 Å². The number of aryl methyl sites for hydroxylation is 1. The molecule has 1 aromatic carbocycles. The summed E-state index contributed by atoms with van der Waals surface area (Å²) in [5.41, 5.74) is 1.33. The van der Waals surface area contributed by atoms with Gasteiger partial charge in [0.1, 0.15) is 17.5 Å². The van der Waals surface area contributed by atoms with Crippen molar-refractivity contribution in [2.75, 3.05) is 6.54 Å². The maximum atomic E-state index is 14.0. The van der Waals surface area contributed by atoms with Crippen LogP contribution in [0.2, 0.25) is 0 Å². The number of hydrogen-bond acceptors (Lipinski definition) is 2. The Morgan fingerprint density at radius 2 is 1.85 bits per heavy atom. The van der Waals surface area contributed by atoms with Crippen molar-refractivity contribution in [2.24, 2.45) is 0 Å². The Hall–Kier alpha value is -1.88. The quantitative estimate of drug-likeness (QED) is 0.927. The van der Waals surface area contributed by atoms with Gasteiger partial charge in [-0.15, -0.1) is 0 Å². The van der Waals surface area contributed by atoms with E-state index in [0.29, 0.717) is 24.2 Å². The molecule has 5 heteroatoms. The molecule has 1 atom stereocenters. The number of halogens is 3. The van der Waals surface area contributed by atoms with Crippen LogP contribution in [-0.2, 0) is 0 Å². The first-order valence-corrected chi connectivity index (χ1v) is 6.33. The molecule has 0 fully saturated rings. The molecule has 2 nitrogen and oxygen atoms in total. The molecule has 20 heavy (non-hydrogen) atoms. The Balaban J connectivity index is 2.58. The molecule has 0 aliphatic heterocycles. The van der Waals surface area contributed by atoms with Crippen molar-refractivity contribution in [3.05, 3.63) is 64.7 Å². The monoisotopic (exact) mass is 280 g/mol. The molecule has 0 saturated heterocycles. The number of nitrogens with zero attached hydrogens (tertiary/aromatic N) is 1. The summed E-state index contributed by atoms with van der Waals surface area (Å²) in [4.78, 5) is 3.99. The van der Waals surface area contributed by atoms with E-state index in [9.17, 15) is 13.2 Å². The molecule has 1 N–H and O–H groups in total. The van der Waals surface area contributed by atoms with Gasteiger partial charge in [-0.05, 0) is 30.7 Å². The highest BCUT2D eigenvalue weighted by molar-refractivity contribution is 5.36. The van der Waals surface area contributed by atoms with Crippen molar-refractivity contribution in [2.45, 2.75) is 19.9 Å². The normalized spacial score (nSPS) is 12.4. The van der Waals surface area contributed by atoms with Crippen molar-refractivity contribution >= 4 is 0 Å². The molecule has 0 bridgehead atoms. The third-order valence-electron chi connectivity index (χ3n) is 3.13. The summed E-state index contributed by atoms with van der Waals surface area (Å²) < 4.78 is 40.9. The lowest BCUT2D eigenvalue weighted by molar-refractivity contribution is 0.491. The van der Waals surface area contributed by atoms with Gasteiger partial charge in [0.15, 0.2) is 0 Å². The summed E-state index contributed by atoms with van der Waals surface area (Å²) in [5.74, 6) is -2.74. The maximum Gasteiger partial charge on any atom is 0.134 e. The average molecular weight is 280 g/mol. The van der Waals surface area contributed by atoms with E-state index >= 15 is 0 Å². The van der Waals surface area contributed by atoms with Crippen molar-refractivity contribution < 1.29 is 13.2 Å². The van der Waals surface area contributed by atoms with Gasteiger partial charge in [-0.2, -0.15) is 0 Å². The minimum atomic E-state index is -0.929. The third kappa shape index (κ3) is 2.82. The van der Waals surface area contributed by atoms with E-state index < -0.39 is 23.5 Å². The molecule has 1 unspecified atom stereocenters. The predicted octanol–water partition coefficient (Wildman–Crippen LogP) is 3.51. The van der Waals surface area contributed by atoms with Gasteiger partial charge in [0, 0.05) is 30.1 Å². The van der Waals surface area contributed by atoms with Crippen LogP contribution in [0.25, 0.3) is 0 Å². The lowest BCUT2D eigenvalue weighted by Crippen LogP contribution is -2.25. The highest BCUT2D eigenvalue weighted by Crippen LogP contribution is 2.29. The number of nitrogens with one attached hydrogen (secondary N) is 1. The van der Waals surface area contributed by atoms with Gasteiger partial charge < -0.3 is 5.32 Å². The first-order valence-electron chi connectivity index (χ1n) is 6.33. The molecule has 1 aromatic heterocycles. The molecule has 106 valence electrons. The van der Waals surface area contributed by atoms with Gasteiger partial charge in [0.2, 0.25) is 0 Å². The minimum Gasteiger partial charge on any atom is -0.306 e. The van der Waals surface area contributed by atoms with Gasteiger partial charge in [-0.25, -0.2) is 13.2 Å². The van der Waals surface area contributed by atoms with Gasteiger partial charge in [-0.3, -0.25) is 4.98 Å². The standard InChI is InChI=1S/C15H15F3N2/c1-3-20-15(11-8-19-5-4-9(11)2)14-12(17)6-10(16)7-13(14)18/h4-8,15,20H,3H2,1-2H3. The number of benzene rings is 1. The summed E-state index contributed by atoms with van der Waals surface area (Å²) in [6.07, 6.45) is 3.17. The van der Waals surface area contributed by atoms with E-state index in [0.717, 1.165) is 5.56 Å². The fourth-order valence-electron chi connectivity index (χ4n) is 2.18. The van der Waals surface area contributed by atoms with Crippen LogP contribution in [0.3, 0.4) is 0 Å². The zero-order valence-corrected chi connectivity index (χ0v) is 11.3. The molecular weight excluding hydrogens is 265 g/mol. The van der Waals surface area contributed by atoms with E-state index in [2.05, 4.69) is 10.3 Å². The third-order valence-corrected chi connectivity index (χ3v) is 3.13. The summed E-state index contributed by atoms with van der Waals surface area (Å²) in [5, 5.41) is 3.01. The summed E-state index contributed by atoms with van der Waals surface area (Å²) in [6, 6.07) is 2.44. The first kappa shape index (κ1) is 14.5. The van der Waals surface area contributed by atoms with Crippen LogP contribution in [0.5, 0.6) is 0 Å². The molecule has 0 radical (unpaired) electrons. The minimum absolute atomic E-state index is 0.190. The largest absolute Gasteiger partial charge is 0.306 e. The smallest absolute Gasteiger partial charge is 0.134 e. The number of aromatic nitrogens is 1. The zero-order valence-electron chi connectivity index (χ0n) is 11.3. The molecular formula is C15H15F3N2. The molecule has 0 aliphatic carbocycles. The van der Waals surface area contributed by atoms with E-state index in [-0.39, 0.29) is 5.56 Å². The zero-order chi connectivity index (χ0) is 14.7. The Morgan fingerprint density at radius 1 is 1.20 bits per heavy atom. The summed E-state index contributed by atoms with van der Waals surface area (Å²) >= 11 is 0. The topological polar surface area (TPSA) is 24.9 Å². The lowest BCUT2D eigenvalue weighted by Gasteiger charge is -2.21. The maximum absolute atomic E-state index is 14.0. The molecule has 0 saturated carbocycles. The van der Waals surface area contributed by atoms with E-state index in [1.165, 1.54) is 0 Å². The SMILES string of the molecule is CCNC(c1cnccc1C)c1c(F)cc(F)cc1F. The Labute approximate surface area is 115 Å². The molecule has 1 heterocycles. The Morgan fingerprint density at radius 3 is 2.40 bits per heavy atom.